The van der Waals surface area contributed by atoms with Gasteiger partial charge in [-0.15, -0.1) is 0 Å². The van der Waals surface area contributed by atoms with Gasteiger partial charge in [0, 0.05) is 24.9 Å². The number of halogens is 3. The zero-order valence-electron chi connectivity index (χ0n) is 10.5. The molecule has 0 bridgehead atoms. The number of nitrogens with one attached hydrogen (secondary N) is 1. The molecule has 0 amide bonds. The molecule has 0 aliphatic heterocycles. The molecule has 0 atom stereocenters. The molecule has 21 heavy (non-hydrogen) atoms. The van der Waals surface area contributed by atoms with E-state index in [1.165, 1.54) is 12.3 Å². The van der Waals surface area contributed by atoms with E-state index in [0.29, 0.717) is 17.7 Å². The summed E-state index contributed by atoms with van der Waals surface area (Å²) in [6.45, 7) is 0.169. The minimum atomic E-state index is -4.30. The number of anilines is 1. The first kappa shape index (κ1) is 15.3. The van der Waals surface area contributed by atoms with Gasteiger partial charge in [0.25, 0.3) is 10.0 Å². The van der Waals surface area contributed by atoms with Gasteiger partial charge in [0.05, 0.1) is 0 Å². The average molecular weight is 317 g/mol. The SMILES string of the molecule is NCc1ccc(S(=O)(=O)Nc2c(F)cc(F)cc2F)nc1. The minimum Gasteiger partial charge on any atom is -0.326 e. The molecule has 3 N–H and O–H groups in total. The second kappa shape index (κ2) is 5.70. The first-order chi connectivity index (χ1) is 9.83. The summed E-state index contributed by atoms with van der Waals surface area (Å²) < 4.78 is 65.2. The number of aromatic nitrogens is 1. The lowest BCUT2D eigenvalue weighted by Gasteiger charge is -2.09. The Kier molecular flexibility index (Phi) is 4.14. The zero-order chi connectivity index (χ0) is 15.6. The normalized spacial score (nSPS) is 11.4. The molecule has 0 radical (unpaired) electrons. The molecule has 1 aromatic carbocycles. The van der Waals surface area contributed by atoms with Crippen LogP contribution in [0.4, 0.5) is 18.9 Å². The highest BCUT2D eigenvalue weighted by Crippen LogP contribution is 2.23. The van der Waals surface area contributed by atoms with Crippen molar-refractivity contribution in [2.24, 2.45) is 5.73 Å². The molecule has 0 aliphatic carbocycles. The summed E-state index contributed by atoms with van der Waals surface area (Å²) in [4.78, 5) is 3.64. The van der Waals surface area contributed by atoms with Gasteiger partial charge in [0.15, 0.2) is 16.7 Å². The van der Waals surface area contributed by atoms with Crippen LogP contribution >= 0.6 is 0 Å². The number of benzene rings is 1. The third-order valence-corrected chi connectivity index (χ3v) is 3.82. The summed E-state index contributed by atoms with van der Waals surface area (Å²) in [5, 5.41) is -0.442. The van der Waals surface area contributed by atoms with E-state index in [1.54, 1.807) is 4.72 Å². The Morgan fingerprint density at radius 3 is 2.24 bits per heavy atom. The summed E-state index contributed by atoms with van der Waals surface area (Å²) >= 11 is 0. The molecular weight excluding hydrogens is 307 g/mol. The minimum absolute atomic E-state index is 0.169. The third-order valence-electron chi connectivity index (χ3n) is 2.55. The van der Waals surface area contributed by atoms with Crippen LogP contribution in [0.3, 0.4) is 0 Å². The van der Waals surface area contributed by atoms with Crippen LogP contribution in [0.5, 0.6) is 0 Å². The van der Waals surface area contributed by atoms with Crippen molar-refractivity contribution in [3.63, 3.8) is 0 Å². The maximum Gasteiger partial charge on any atom is 0.279 e. The second-order valence-corrected chi connectivity index (χ2v) is 5.69. The number of nitrogens with zero attached hydrogens (tertiary/aromatic N) is 1. The first-order valence-corrected chi connectivity index (χ1v) is 7.14. The Morgan fingerprint density at radius 2 is 1.76 bits per heavy atom. The largest absolute Gasteiger partial charge is 0.326 e. The van der Waals surface area contributed by atoms with E-state index in [1.807, 2.05) is 0 Å². The van der Waals surface area contributed by atoms with E-state index < -0.39 is 38.2 Å². The van der Waals surface area contributed by atoms with E-state index in [2.05, 4.69) is 4.98 Å². The highest BCUT2D eigenvalue weighted by molar-refractivity contribution is 7.92. The Hall–Kier alpha value is -2.13. The number of pyridine rings is 1. The Bertz CT molecular complexity index is 741. The van der Waals surface area contributed by atoms with E-state index in [4.69, 9.17) is 5.73 Å². The Morgan fingerprint density at radius 1 is 1.14 bits per heavy atom. The third kappa shape index (κ3) is 3.31. The Balaban J connectivity index is 2.37. The van der Waals surface area contributed by atoms with E-state index in [0.717, 1.165) is 6.07 Å². The van der Waals surface area contributed by atoms with Gasteiger partial charge in [-0.05, 0) is 11.6 Å². The molecule has 5 nitrogen and oxygen atoms in total. The fraction of sp³-hybridized carbons (Fsp3) is 0.0833. The van der Waals surface area contributed by atoms with Crippen LogP contribution in [0.2, 0.25) is 0 Å². The van der Waals surface area contributed by atoms with Gasteiger partial charge in [-0.25, -0.2) is 18.2 Å². The van der Waals surface area contributed by atoms with Crippen LogP contribution in [-0.4, -0.2) is 13.4 Å². The summed E-state index contributed by atoms with van der Waals surface area (Å²) in [5.74, 6) is -3.89. The van der Waals surface area contributed by atoms with Crippen molar-refractivity contribution in [1.82, 2.24) is 4.98 Å². The molecule has 1 heterocycles. The highest BCUT2D eigenvalue weighted by Gasteiger charge is 2.21. The topological polar surface area (TPSA) is 85.1 Å². The van der Waals surface area contributed by atoms with Crippen LogP contribution < -0.4 is 10.5 Å². The van der Waals surface area contributed by atoms with Crippen molar-refractivity contribution in [2.45, 2.75) is 11.6 Å². The number of hydrogen-bond acceptors (Lipinski definition) is 4. The summed E-state index contributed by atoms with van der Waals surface area (Å²) in [6, 6.07) is 3.29. The number of hydrogen-bond donors (Lipinski definition) is 2. The van der Waals surface area contributed by atoms with Gasteiger partial charge < -0.3 is 5.73 Å². The molecule has 0 spiro atoms. The van der Waals surface area contributed by atoms with Gasteiger partial charge in [-0.2, -0.15) is 8.42 Å². The molecule has 2 rings (SSSR count). The molecule has 9 heteroatoms. The predicted octanol–water partition coefficient (Wildman–Crippen LogP) is 1.76. The lowest BCUT2D eigenvalue weighted by molar-refractivity contribution is 0.547. The lowest BCUT2D eigenvalue weighted by atomic mass is 10.3. The van der Waals surface area contributed by atoms with Gasteiger partial charge in [0.2, 0.25) is 0 Å². The Labute approximate surface area is 118 Å². The van der Waals surface area contributed by atoms with Crippen LogP contribution in [0.15, 0.2) is 35.5 Å². The monoisotopic (exact) mass is 317 g/mol. The van der Waals surface area contributed by atoms with Crippen LogP contribution in [0.1, 0.15) is 5.56 Å². The quantitative estimate of drug-likeness (QED) is 0.900. The van der Waals surface area contributed by atoms with Crippen LogP contribution in [0.25, 0.3) is 0 Å². The molecule has 0 unspecified atom stereocenters. The molecule has 0 saturated heterocycles. The van der Waals surface area contributed by atoms with Gasteiger partial charge >= 0.3 is 0 Å². The highest BCUT2D eigenvalue weighted by atomic mass is 32.2. The van der Waals surface area contributed by atoms with Crippen molar-refractivity contribution in [3.8, 4) is 0 Å². The van der Waals surface area contributed by atoms with Crippen molar-refractivity contribution in [2.75, 3.05) is 4.72 Å². The van der Waals surface area contributed by atoms with Crippen molar-refractivity contribution in [3.05, 3.63) is 53.5 Å². The van der Waals surface area contributed by atoms with E-state index >= 15 is 0 Å². The summed E-state index contributed by atoms with van der Waals surface area (Å²) in [6.07, 6.45) is 1.23. The van der Waals surface area contributed by atoms with Gasteiger partial charge in [-0.3, -0.25) is 4.72 Å². The number of sulfonamides is 1. The van der Waals surface area contributed by atoms with Crippen molar-refractivity contribution in [1.29, 1.82) is 0 Å². The van der Waals surface area contributed by atoms with Gasteiger partial charge in [0.1, 0.15) is 11.5 Å². The molecule has 2 aromatic rings. The average Bonchev–Trinajstić information content (AvgIpc) is 2.43. The van der Waals surface area contributed by atoms with Gasteiger partial charge in [-0.1, -0.05) is 6.07 Å². The van der Waals surface area contributed by atoms with Crippen LogP contribution in [-0.2, 0) is 16.6 Å². The molecule has 0 saturated carbocycles. The van der Waals surface area contributed by atoms with Crippen LogP contribution in [0, 0.1) is 17.5 Å². The molecular formula is C12H10F3N3O2S. The summed E-state index contributed by atoms with van der Waals surface area (Å²) in [5.41, 5.74) is 4.97. The second-order valence-electron chi connectivity index (χ2n) is 4.06. The molecule has 0 fully saturated rings. The fourth-order valence-electron chi connectivity index (χ4n) is 1.52. The maximum absolute atomic E-state index is 13.4. The lowest BCUT2D eigenvalue weighted by Crippen LogP contribution is -2.17. The molecule has 112 valence electrons. The fourth-order valence-corrected chi connectivity index (χ4v) is 2.52. The van der Waals surface area contributed by atoms with E-state index in [9.17, 15) is 21.6 Å². The summed E-state index contributed by atoms with van der Waals surface area (Å²) in [7, 11) is -4.30. The van der Waals surface area contributed by atoms with Crippen molar-refractivity contribution >= 4 is 15.7 Å². The number of rotatable bonds is 4. The predicted molar refractivity (Wildman–Crippen MR) is 69.3 cm³/mol. The molecule has 1 aromatic heterocycles. The zero-order valence-corrected chi connectivity index (χ0v) is 11.3. The maximum atomic E-state index is 13.4. The number of nitrogens with two attached hydrogens (primary N) is 1. The standard InChI is InChI=1S/C12H10F3N3O2S/c13-8-3-9(14)12(10(15)4-8)18-21(19,20)11-2-1-7(5-16)6-17-11/h1-4,6,18H,5,16H2. The smallest absolute Gasteiger partial charge is 0.279 e. The molecule has 0 aliphatic rings. The van der Waals surface area contributed by atoms with Crippen molar-refractivity contribution < 1.29 is 21.6 Å². The first-order valence-electron chi connectivity index (χ1n) is 5.66. The van der Waals surface area contributed by atoms with E-state index in [-0.39, 0.29) is 6.54 Å².